The summed E-state index contributed by atoms with van der Waals surface area (Å²) in [5, 5.41) is 0. The van der Waals surface area contributed by atoms with Crippen molar-refractivity contribution in [3.05, 3.63) is 29.8 Å². The minimum Gasteiger partial charge on any atom is -0.379 e. The van der Waals surface area contributed by atoms with E-state index in [0.717, 1.165) is 5.56 Å². The summed E-state index contributed by atoms with van der Waals surface area (Å²) < 4.78 is 33.7. The molecule has 6 nitrogen and oxygen atoms in total. The van der Waals surface area contributed by atoms with Crippen molar-refractivity contribution in [2.75, 3.05) is 33.1 Å². The number of benzene rings is 1. The fourth-order valence-corrected chi connectivity index (χ4v) is 2.82. The summed E-state index contributed by atoms with van der Waals surface area (Å²) in [5.41, 5.74) is 0.861. The van der Waals surface area contributed by atoms with Crippen LogP contribution in [0.25, 0.3) is 0 Å². The minimum atomic E-state index is -3.22. The first-order chi connectivity index (χ1) is 11.2. The van der Waals surface area contributed by atoms with Gasteiger partial charge in [-0.3, -0.25) is 4.79 Å². The van der Waals surface area contributed by atoms with E-state index in [-0.39, 0.29) is 16.8 Å². The number of amides is 1. The molecule has 1 aromatic rings. The van der Waals surface area contributed by atoms with Gasteiger partial charge in [0.2, 0.25) is 0 Å². The molecule has 7 heteroatoms. The summed E-state index contributed by atoms with van der Waals surface area (Å²) >= 11 is 0. The van der Waals surface area contributed by atoms with E-state index < -0.39 is 15.9 Å². The Morgan fingerprint density at radius 2 is 1.75 bits per heavy atom. The smallest absolute Gasteiger partial charge is 0.251 e. The van der Waals surface area contributed by atoms with E-state index in [1.807, 2.05) is 13.8 Å². The molecule has 0 aliphatic rings. The van der Waals surface area contributed by atoms with E-state index in [1.165, 1.54) is 6.26 Å². The molecule has 0 saturated carbocycles. The molecular weight excluding hydrogens is 330 g/mol. The molecular formula is C17H27NO5S. The lowest BCUT2D eigenvalue weighted by atomic mass is 10.1. The van der Waals surface area contributed by atoms with Gasteiger partial charge in [0.25, 0.3) is 5.91 Å². The van der Waals surface area contributed by atoms with E-state index in [1.54, 1.807) is 43.1 Å². The summed E-state index contributed by atoms with van der Waals surface area (Å²) in [6.45, 7) is 6.95. The SMILES string of the molecule is CCOCCOC(C)C(=O)N(C)C(C)c1ccc(S(C)(=O)=O)cc1. The topological polar surface area (TPSA) is 72.9 Å². The minimum absolute atomic E-state index is 0.133. The molecule has 0 N–H and O–H groups in total. The highest BCUT2D eigenvalue weighted by atomic mass is 32.2. The fraction of sp³-hybridized carbons (Fsp3) is 0.588. The average molecular weight is 357 g/mol. The first-order valence-electron chi connectivity index (χ1n) is 7.94. The maximum absolute atomic E-state index is 12.4. The van der Waals surface area contributed by atoms with Crippen molar-refractivity contribution in [1.29, 1.82) is 0 Å². The van der Waals surface area contributed by atoms with Crippen LogP contribution in [-0.2, 0) is 24.1 Å². The highest BCUT2D eigenvalue weighted by Crippen LogP contribution is 2.21. The summed E-state index contributed by atoms with van der Waals surface area (Å²) in [4.78, 5) is 14.3. The van der Waals surface area contributed by atoms with Gasteiger partial charge in [-0.1, -0.05) is 12.1 Å². The summed E-state index contributed by atoms with van der Waals surface area (Å²) in [6, 6.07) is 6.38. The highest BCUT2D eigenvalue weighted by Gasteiger charge is 2.23. The number of likely N-dealkylation sites (N-methyl/N-ethyl adjacent to an activating group) is 1. The molecule has 0 saturated heterocycles. The Kier molecular flexibility index (Phi) is 7.86. The number of hydrogen-bond acceptors (Lipinski definition) is 5. The summed E-state index contributed by atoms with van der Waals surface area (Å²) in [5.74, 6) is -0.133. The number of rotatable bonds is 9. The van der Waals surface area contributed by atoms with Crippen molar-refractivity contribution in [2.24, 2.45) is 0 Å². The molecule has 0 aliphatic heterocycles. The zero-order valence-corrected chi connectivity index (χ0v) is 15.8. The van der Waals surface area contributed by atoms with Crippen LogP contribution in [0.1, 0.15) is 32.4 Å². The Hall–Kier alpha value is -1.44. The molecule has 0 radical (unpaired) electrons. The Morgan fingerprint density at radius 1 is 1.17 bits per heavy atom. The third-order valence-corrected chi connectivity index (χ3v) is 5.00. The van der Waals surface area contributed by atoms with Crippen molar-refractivity contribution in [3.8, 4) is 0 Å². The van der Waals surface area contributed by atoms with Crippen molar-refractivity contribution >= 4 is 15.7 Å². The monoisotopic (exact) mass is 357 g/mol. The molecule has 136 valence electrons. The van der Waals surface area contributed by atoms with Crippen molar-refractivity contribution in [2.45, 2.75) is 37.8 Å². The van der Waals surface area contributed by atoms with Crippen LogP contribution >= 0.6 is 0 Å². The van der Waals surface area contributed by atoms with Gasteiger partial charge in [0.05, 0.1) is 24.2 Å². The van der Waals surface area contributed by atoms with Crippen molar-refractivity contribution in [1.82, 2.24) is 4.90 Å². The van der Waals surface area contributed by atoms with Crippen LogP contribution in [0.3, 0.4) is 0 Å². The molecule has 1 aromatic carbocycles. The second-order valence-corrected chi connectivity index (χ2v) is 7.69. The van der Waals surface area contributed by atoms with Gasteiger partial charge in [-0.2, -0.15) is 0 Å². The van der Waals surface area contributed by atoms with Gasteiger partial charge >= 0.3 is 0 Å². The predicted molar refractivity (Wildman–Crippen MR) is 92.6 cm³/mol. The molecule has 24 heavy (non-hydrogen) atoms. The van der Waals surface area contributed by atoms with E-state index >= 15 is 0 Å². The van der Waals surface area contributed by atoms with Crippen LogP contribution in [0.5, 0.6) is 0 Å². The zero-order valence-electron chi connectivity index (χ0n) is 15.0. The molecule has 2 unspecified atom stereocenters. The lowest BCUT2D eigenvalue weighted by Gasteiger charge is -2.28. The first-order valence-corrected chi connectivity index (χ1v) is 9.83. The Morgan fingerprint density at radius 3 is 2.25 bits per heavy atom. The maximum atomic E-state index is 12.4. The molecule has 0 heterocycles. The normalized spacial score (nSPS) is 14.2. The number of carbonyl (C=O) groups excluding carboxylic acids is 1. The third-order valence-electron chi connectivity index (χ3n) is 3.87. The van der Waals surface area contributed by atoms with Gasteiger partial charge in [0.15, 0.2) is 9.84 Å². The molecule has 1 rings (SSSR count). The van der Waals surface area contributed by atoms with Gasteiger partial charge in [-0.25, -0.2) is 8.42 Å². The van der Waals surface area contributed by atoms with E-state index in [4.69, 9.17) is 9.47 Å². The summed E-state index contributed by atoms with van der Waals surface area (Å²) in [6.07, 6.45) is 0.607. The standard InChI is InChI=1S/C17H27NO5S/c1-6-22-11-12-23-14(3)17(19)18(4)13(2)15-7-9-16(10-8-15)24(5,20)21/h7-10,13-14H,6,11-12H2,1-5H3. The van der Waals surface area contributed by atoms with Crippen molar-refractivity contribution in [3.63, 3.8) is 0 Å². The Labute approximate surface area is 144 Å². The fourth-order valence-electron chi connectivity index (χ4n) is 2.19. The molecule has 0 bridgehead atoms. The maximum Gasteiger partial charge on any atom is 0.251 e. The largest absolute Gasteiger partial charge is 0.379 e. The van der Waals surface area contributed by atoms with E-state index in [0.29, 0.717) is 19.8 Å². The molecule has 1 amide bonds. The van der Waals surface area contributed by atoms with Crippen LogP contribution in [0, 0.1) is 0 Å². The highest BCUT2D eigenvalue weighted by molar-refractivity contribution is 7.90. The van der Waals surface area contributed by atoms with Crippen LogP contribution in [0.2, 0.25) is 0 Å². The molecule has 0 aromatic heterocycles. The van der Waals surface area contributed by atoms with Gasteiger partial charge in [0, 0.05) is 19.9 Å². The lowest BCUT2D eigenvalue weighted by Crippen LogP contribution is -2.38. The number of nitrogens with zero attached hydrogens (tertiary/aromatic N) is 1. The lowest BCUT2D eigenvalue weighted by molar-refractivity contribution is -0.144. The third kappa shape index (κ3) is 5.89. The number of carbonyl (C=O) groups is 1. The van der Waals surface area contributed by atoms with Crippen LogP contribution < -0.4 is 0 Å². The van der Waals surface area contributed by atoms with Gasteiger partial charge in [-0.15, -0.1) is 0 Å². The first kappa shape index (κ1) is 20.6. The summed E-state index contributed by atoms with van der Waals surface area (Å²) in [7, 11) is -1.51. The second kappa shape index (κ2) is 9.15. The Bertz CT molecular complexity index is 627. The second-order valence-electron chi connectivity index (χ2n) is 5.68. The van der Waals surface area contributed by atoms with Crippen LogP contribution in [-0.4, -0.2) is 58.5 Å². The predicted octanol–water partition coefficient (Wildman–Crippen LogP) is 2.05. The average Bonchev–Trinajstić information content (AvgIpc) is 2.55. The van der Waals surface area contributed by atoms with Gasteiger partial charge < -0.3 is 14.4 Å². The van der Waals surface area contributed by atoms with Crippen LogP contribution in [0.15, 0.2) is 29.2 Å². The number of hydrogen-bond donors (Lipinski definition) is 0. The Balaban J connectivity index is 2.68. The number of sulfone groups is 1. The molecule has 0 spiro atoms. The van der Waals surface area contributed by atoms with Crippen molar-refractivity contribution < 1.29 is 22.7 Å². The van der Waals surface area contributed by atoms with E-state index in [2.05, 4.69) is 0 Å². The molecule has 0 aliphatic carbocycles. The molecule has 0 fully saturated rings. The number of ether oxygens (including phenoxy) is 2. The van der Waals surface area contributed by atoms with E-state index in [9.17, 15) is 13.2 Å². The van der Waals surface area contributed by atoms with Gasteiger partial charge in [0.1, 0.15) is 6.10 Å². The quantitative estimate of drug-likeness (QED) is 0.633. The van der Waals surface area contributed by atoms with Crippen LogP contribution in [0.4, 0.5) is 0 Å². The molecule has 2 atom stereocenters. The zero-order chi connectivity index (χ0) is 18.3. The van der Waals surface area contributed by atoms with Gasteiger partial charge in [-0.05, 0) is 38.5 Å².